The molecule has 2 heteroatoms. The first-order chi connectivity index (χ1) is 7.86. The van der Waals surface area contributed by atoms with Gasteiger partial charge in [0, 0.05) is 12.1 Å². The Morgan fingerprint density at radius 3 is 2.94 bits per heavy atom. The Hall–Kier alpha value is -1.83. The van der Waals surface area contributed by atoms with Gasteiger partial charge in [-0.2, -0.15) is 0 Å². The third-order valence-corrected chi connectivity index (χ3v) is 3.19. The lowest BCUT2D eigenvalue weighted by Crippen LogP contribution is -2.24. The topological polar surface area (TPSA) is 29.1 Å². The number of nitrogens with one attached hydrogen (secondary N) is 1. The van der Waals surface area contributed by atoms with Crippen molar-refractivity contribution in [2.75, 3.05) is 6.54 Å². The summed E-state index contributed by atoms with van der Waals surface area (Å²) >= 11 is 0. The molecule has 80 valence electrons. The van der Waals surface area contributed by atoms with Crippen molar-refractivity contribution in [3.8, 4) is 0 Å². The fraction of sp³-hybridized carbons (Fsp3) is 0.214. The number of benzene rings is 1. The van der Waals surface area contributed by atoms with Crippen LogP contribution >= 0.6 is 0 Å². The highest BCUT2D eigenvalue weighted by molar-refractivity contribution is 6.10. The summed E-state index contributed by atoms with van der Waals surface area (Å²) in [5.41, 5.74) is 3.97. The molecule has 0 bridgehead atoms. The van der Waals surface area contributed by atoms with Gasteiger partial charge < -0.3 is 5.32 Å². The number of Topliss-reactive ketones (excluding diaryl/α,β-unsaturated/α-hetero) is 1. The summed E-state index contributed by atoms with van der Waals surface area (Å²) in [4.78, 5) is 12.3. The minimum absolute atomic E-state index is 0.146. The molecule has 1 N–H and O–H groups in total. The average Bonchev–Trinajstić information content (AvgIpc) is 2.49. The van der Waals surface area contributed by atoms with Crippen molar-refractivity contribution in [2.45, 2.75) is 12.8 Å². The number of fused-ring (bicyclic) bond motifs is 1. The van der Waals surface area contributed by atoms with Crippen LogP contribution in [0.2, 0.25) is 0 Å². The number of dihydropyridines is 1. The van der Waals surface area contributed by atoms with Gasteiger partial charge in [0.15, 0.2) is 0 Å². The predicted octanol–water partition coefficient (Wildman–Crippen LogP) is 2.23. The first-order valence-electron chi connectivity index (χ1n) is 5.62. The first-order valence-corrected chi connectivity index (χ1v) is 5.62. The van der Waals surface area contributed by atoms with Crippen LogP contribution < -0.4 is 5.32 Å². The molecule has 0 unspecified atom stereocenters. The zero-order valence-corrected chi connectivity index (χ0v) is 8.99. The number of rotatable bonds is 0. The molecule has 1 aromatic rings. The minimum atomic E-state index is 0.146. The maximum atomic E-state index is 12.3. The van der Waals surface area contributed by atoms with E-state index in [4.69, 9.17) is 0 Å². The first kappa shape index (κ1) is 9.40. The Balaban J connectivity index is 2.13. The number of aryl methyl sites for hydroxylation is 1. The molecule has 1 aliphatic carbocycles. The van der Waals surface area contributed by atoms with E-state index in [1.54, 1.807) is 0 Å². The van der Waals surface area contributed by atoms with Crippen LogP contribution in [0.3, 0.4) is 0 Å². The highest BCUT2D eigenvalue weighted by Gasteiger charge is 2.23. The fourth-order valence-corrected chi connectivity index (χ4v) is 2.36. The standard InChI is InChI=1S/C14H13NO/c16-14-12-6-2-1-4-10(12)7-8-11-5-3-9-15-13(11)14/h1-6,15H,7-9H2. The van der Waals surface area contributed by atoms with E-state index in [0.717, 1.165) is 41.8 Å². The third kappa shape index (κ3) is 1.38. The number of hydrogen-bond donors (Lipinski definition) is 1. The van der Waals surface area contributed by atoms with Crippen LogP contribution in [0.1, 0.15) is 22.3 Å². The minimum Gasteiger partial charge on any atom is -0.378 e. The molecule has 0 atom stereocenters. The van der Waals surface area contributed by atoms with Gasteiger partial charge in [0.25, 0.3) is 0 Å². The molecule has 1 aliphatic heterocycles. The number of carbonyl (C=O) groups is 1. The molecule has 16 heavy (non-hydrogen) atoms. The summed E-state index contributed by atoms with van der Waals surface area (Å²) < 4.78 is 0. The van der Waals surface area contributed by atoms with E-state index < -0.39 is 0 Å². The summed E-state index contributed by atoms with van der Waals surface area (Å²) in [6.45, 7) is 0.757. The quantitative estimate of drug-likeness (QED) is 0.713. The van der Waals surface area contributed by atoms with E-state index in [-0.39, 0.29) is 5.78 Å². The zero-order valence-electron chi connectivity index (χ0n) is 8.99. The lowest BCUT2D eigenvalue weighted by atomic mass is 10.0. The summed E-state index contributed by atoms with van der Waals surface area (Å²) in [6.07, 6.45) is 6.05. The van der Waals surface area contributed by atoms with Gasteiger partial charge in [-0.25, -0.2) is 0 Å². The Labute approximate surface area is 94.7 Å². The SMILES string of the molecule is O=C1C2=C(C=CCN2)CCc2ccccc21. The van der Waals surface area contributed by atoms with Crippen molar-refractivity contribution in [2.24, 2.45) is 0 Å². The Morgan fingerprint density at radius 1 is 1.12 bits per heavy atom. The molecule has 0 amide bonds. The van der Waals surface area contributed by atoms with E-state index in [0.29, 0.717) is 0 Å². The normalized spacial score (nSPS) is 18.6. The third-order valence-electron chi connectivity index (χ3n) is 3.19. The van der Waals surface area contributed by atoms with E-state index in [1.807, 2.05) is 18.2 Å². The monoisotopic (exact) mass is 211 g/mol. The molecule has 0 saturated carbocycles. The molecule has 0 fully saturated rings. The van der Waals surface area contributed by atoms with Crippen LogP contribution in [0.25, 0.3) is 0 Å². The van der Waals surface area contributed by atoms with Crippen molar-refractivity contribution < 1.29 is 4.79 Å². The summed E-state index contributed by atoms with van der Waals surface area (Å²) in [7, 11) is 0. The lowest BCUT2D eigenvalue weighted by molar-refractivity contribution is 0.102. The highest BCUT2D eigenvalue weighted by Crippen LogP contribution is 2.25. The van der Waals surface area contributed by atoms with Gasteiger partial charge >= 0.3 is 0 Å². The van der Waals surface area contributed by atoms with Crippen LogP contribution in [-0.2, 0) is 6.42 Å². The second-order valence-corrected chi connectivity index (χ2v) is 4.17. The van der Waals surface area contributed by atoms with E-state index >= 15 is 0 Å². The molecule has 0 radical (unpaired) electrons. The largest absolute Gasteiger partial charge is 0.378 e. The van der Waals surface area contributed by atoms with Gasteiger partial charge in [-0.05, 0) is 24.0 Å². The van der Waals surface area contributed by atoms with Crippen molar-refractivity contribution in [3.63, 3.8) is 0 Å². The second-order valence-electron chi connectivity index (χ2n) is 4.17. The van der Waals surface area contributed by atoms with Crippen molar-refractivity contribution >= 4 is 5.78 Å². The number of carbonyl (C=O) groups excluding carboxylic acids is 1. The molecule has 3 rings (SSSR count). The summed E-state index contributed by atoms with van der Waals surface area (Å²) in [5.74, 6) is 0.146. The number of ketones is 1. The van der Waals surface area contributed by atoms with Crippen molar-refractivity contribution in [1.82, 2.24) is 5.32 Å². The smallest absolute Gasteiger partial charge is 0.209 e. The number of hydrogen-bond acceptors (Lipinski definition) is 2. The van der Waals surface area contributed by atoms with Gasteiger partial charge in [0.2, 0.25) is 5.78 Å². The van der Waals surface area contributed by atoms with Crippen LogP contribution in [-0.4, -0.2) is 12.3 Å². The molecule has 2 aliphatic rings. The zero-order chi connectivity index (χ0) is 11.0. The van der Waals surface area contributed by atoms with Gasteiger partial charge in [-0.15, -0.1) is 0 Å². The van der Waals surface area contributed by atoms with E-state index in [9.17, 15) is 4.79 Å². The van der Waals surface area contributed by atoms with Crippen LogP contribution in [0, 0.1) is 0 Å². The summed E-state index contributed by atoms with van der Waals surface area (Å²) in [6, 6.07) is 7.91. The molecule has 2 nitrogen and oxygen atoms in total. The molecule has 0 aromatic heterocycles. The molecule has 0 saturated heterocycles. The van der Waals surface area contributed by atoms with Crippen molar-refractivity contribution in [3.05, 3.63) is 58.8 Å². The fourth-order valence-electron chi connectivity index (χ4n) is 2.36. The highest BCUT2D eigenvalue weighted by atomic mass is 16.1. The Bertz CT molecular complexity index is 511. The van der Waals surface area contributed by atoms with Gasteiger partial charge in [0.05, 0.1) is 5.70 Å². The van der Waals surface area contributed by atoms with Gasteiger partial charge in [0.1, 0.15) is 0 Å². The molecular formula is C14H13NO. The molecule has 1 heterocycles. The maximum Gasteiger partial charge on any atom is 0.209 e. The van der Waals surface area contributed by atoms with Crippen LogP contribution in [0.15, 0.2) is 47.7 Å². The summed E-state index contributed by atoms with van der Waals surface area (Å²) in [5, 5.41) is 3.19. The second kappa shape index (κ2) is 3.63. The van der Waals surface area contributed by atoms with Crippen LogP contribution in [0.4, 0.5) is 0 Å². The Kier molecular flexibility index (Phi) is 2.13. The molecule has 1 aromatic carbocycles. The lowest BCUT2D eigenvalue weighted by Gasteiger charge is -2.14. The van der Waals surface area contributed by atoms with Crippen molar-refractivity contribution in [1.29, 1.82) is 0 Å². The van der Waals surface area contributed by atoms with E-state index in [2.05, 4.69) is 23.5 Å². The maximum absolute atomic E-state index is 12.3. The average molecular weight is 211 g/mol. The van der Waals surface area contributed by atoms with E-state index in [1.165, 1.54) is 0 Å². The van der Waals surface area contributed by atoms with Crippen LogP contribution in [0.5, 0.6) is 0 Å². The molecular weight excluding hydrogens is 198 g/mol. The van der Waals surface area contributed by atoms with Gasteiger partial charge in [-0.1, -0.05) is 36.4 Å². The number of allylic oxidation sites excluding steroid dienone is 3. The van der Waals surface area contributed by atoms with Gasteiger partial charge in [-0.3, -0.25) is 4.79 Å². The Morgan fingerprint density at radius 2 is 2.00 bits per heavy atom. The predicted molar refractivity (Wildman–Crippen MR) is 63.3 cm³/mol. The molecule has 0 spiro atoms.